The Morgan fingerprint density at radius 2 is 2.20 bits per heavy atom. The fourth-order valence-electron chi connectivity index (χ4n) is 1.33. The lowest BCUT2D eigenvalue weighted by molar-refractivity contribution is -0.137. The number of hydrogen-bond acceptors (Lipinski definition) is 2. The second-order valence-electron chi connectivity index (χ2n) is 3.10. The second kappa shape index (κ2) is 4.84. The predicted octanol–water partition coefficient (Wildman–Crippen LogP) is 1.70. The van der Waals surface area contributed by atoms with E-state index in [2.05, 4.69) is 5.32 Å². The van der Waals surface area contributed by atoms with E-state index in [1.54, 1.807) is 0 Å². The van der Waals surface area contributed by atoms with Gasteiger partial charge in [0.25, 0.3) is 0 Å². The van der Waals surface area contributed by atoms with Crippen molar-refractivity contribution in [2.45, 2.75) is 12.5 Å². The Balaban J connectivity index is 2.96. The highest BCUT2D eigenvalue weighted by Gasteiger charge is 2.17. The lowest BCUT2D eigenvalue weighted by Crippen LogP contribution is -2.21. The Kier molecular flexibility index (Phi) is 3.74. The van der Waals surface area contributed by atoms with E-state index >= 15 is 0 Å². The van der Waals surface area contributed by atoms with Crippen LogP contribution in [0.3, 0.4) is 0 Å². The summed E-state index contributed by atoms with van der Waals surface area (Å²) in [4.78, 5) is 10.5. The lowest BCUT2D eigenvalue weighted by atomic mass is 10.0. The van der Waals surface area contributed by atoms with Gasteiger partial charge in [-0.2, -0.15) is 0 Å². The third-order valence-electron chi connectivity index (χ3n) is 2.07. The van der Waals surface area contributed by atoms with Crippen LogP contribution < -0.4 is 5.32 Å². The number of carbonyl (C=O) groups is 1. The van der Waals surface area contributed by atoms with Crippen molar-refractivity contribution in [1.29, 1.82) is 0 Å². The van der Waals surface area contributed by atoms with Crippen LogP contribution in [0.4, 0.5) is 8.78 Å². The molecule has 15 heavy (non-hydrogen) atoms. The summed E-state index contributed by atoms with van der Waals surface area (Å²) in [6.45, 7) is 0. The minimum Gasteiger partial charge on any atom is -0.481 e. The van der Waals surface area contributed by atoms with Crippen molar-refractivity contribution in [3.05, 3.63) is 35.4 Å². The summed E-state index contributed by atoms with van der Waals surface area (Å²) in [5.74, 6) is -2.46. The molecule has 0 bridgehead atoms. The van der Waals surface area contributed by atoms with Crippen molar-refractivity contribution in [3.63, 3.8) is 0 Å². The molecule has 3 nitrogen and oxygen atoms in total. The zero-order chi connectivity index (χ0) is 11.4. The monoisotopic (exact) mass is 215 g/mol. The Morgan fingerprint density at radius 3 is 2.67 bits per heavy atom. The van der Waals surface area contributed by atoms with E-state index in [1.165, 1.54) is 13.1 Å². The predicted molar refractivity (Wildman–Crippen MR) is 50.4 cm³/mol. The van der Waals surface area contributed by atoms with Crippen molar-refractivity contribution >= 4 is 5.97 Å². The Bertz CT molecular complexity index is 368. The number of carboxylic acid groups (broad SMARTS) is 1. The van der Waals surface area contributed by atoms with Gasteiger partial charge < -0.3 is 10.4 Å². The smallest absolute Gasteiger partial charge is 0.305 e. The molecule has 0 saturated heterocycles. The highest BCUT2D eigenvalue weighted by Crippen LogP contribution is 2.20. The van der Waals surface area contributed by atoms with Gasteiger partial charge in [-0.1, -0.05) is 6.07 Å². The molecule has 1 rings (SSSR count). The molecule has 0 fully saturated rings. The first kappa shape index (κ1) is 11.6. The molecule has 0 aliphatic heterocycles. The van der Waals surface area contributed by atoms with Gasteiger partial charge in [0.15, 0.2) is 0 Å². The highest BCUT2D eigenvalue weighted by molar-refractivity contribution is 5.67. The zero-order valence-electron chi connectivity index (χ0n) is 8.13. The van der Waals surface area contributed by atoms with E-state index in [0.717, 1.165) is 12.1 Å². The topological polar surface area (TPSA) is 49.3 Å². The maximum atomic E-state index is 13.3. The van der Waals surface area contributed by atoms with Crippen molar-refractivity contribution in [3.8, 4) is 0 Å². The van der Waals surface area contributed by atoms with Crippen LogP contribution in [0.5, 0.6) is 0 Å². The average Bonchev–Trinajstić information content (AvgIpc) is 2.14. The third kappa shape index (κ3) is 2.99. The second-order valence-corrected chi connectivity index (χ2v) is 3.10. The van der Waals surface area contributed by atoms with Crippen LogP contribution in [0.15, 0.2) is 18.2 Å². The van der Waals surface area contributed by atoms with E-state index in [4.69, 9.17) is 5.11 Å². The standard InChI is InChI=1S/C10H11F2NO2/c1-13-9(5-10(14)15)7-3-2-6(11)4-8(7)12/h2-4,9,13H,5H2,1H3,(H,14,15). The number of halogens is 2. The summed E-state index contributed by atoms with van der Waals surface area (Å²) in [6, 6.07) is 2.43. The van der Waals surface area contributed by atoms with Gasteiger partial charge in [0.05, 0.1) is 6.42 Å². The molecule has 2 N–H and O–H groups in total. The summed E-state index contributed by atoms with van der Waals surface area (Å²) in [6.07, 6.45) is -0.251. The van der Waals surface area contributed by atoms with Crippen LogP contribution in [0.2, 0.25) is 0 Å². The van der Waals surface area contributed by atoms with E-state index in [1.807, 2.05) is 0 Å². The number of aliphatic carboxylic acids is 1. The normalized spacial score (nSPS) is 12.5. The first-order valence-electron chi connectivity index (χ1n) is 4.38. The minimum absolute atomic E-state index is 0.154. The van der Waals surface area contributed by atoms with Crippen molar-refractivity contribution in [1.82, 2.24) is 5.32 Å². The molecule has 0 saturated carbocycles. The van der Waals surface area contributed by atoms with Gasteiger partial charge in [-0.25, -0.2) is 8.78 Å². The molecule has 0 radical (unpaired) electrons. The molecule has 1 aromatic rings. The van der Waals surface area contributed by atoms with Crippen LogP contribution in [-0.2, 0) is 4.79 Å². The van der Waals surface area contributed by atoms with Crippen LogP contribution in [-0.4, -0.2) is 18.1 Å². The Labute approximate surface area is 85.7 Å². The van der Waals surface area contributed by atoms with Gasteiger partial charge in [0.2, 0.25) is 0 Å². The molecule has 1 unspecified atom stereocenters. The van der Waals surface area contributed by atoms with Crippen LogP contribution in [0, 0.1) is 11.6 Å². The maximum Gasteiger partial charge on any atom is 0.305 e. The summed E-state index contributed by atoms with van der Waals surface area (Å²) < 4.78 is 25.9. The SMILES string of the molecule is CNC(CC(=O)O)c1ccc(F)cc1F. The first-order valence-corrected chi connectivity index (χ1v) is 4.38. The van der Waals surface area contributed by atoms with E-state index in [-0.39, 0.29) is 12.0 Å². The number of carboxylic acids is 1. The van der Waals surface area contributed by atoms with Crippen LogP contribution in [0.1, 0.15) is 18.0 Å². The number of hydrogen-bond donors (Lipinski definition) is 2. The quantitative estimate of drug-likeness (QED) is 0.803. The molecular formula is C10H11F2NO2. The van der Waals surface area contributed by atoms with Gasteiger partial charge in [-0.05, 0) is 13.1 Å². The largest absolute Gasteiger partial charge is 0.481 e. The molecule has 82 valence electrons. The Morgan fingerprint density at radius 1 is 1.53 bits per heavy atom. The average molecular weight is 215 g/mol. The zero-order valence-corrected chi connectivity index (χ0v) is 8.13. The molecule has 0 aliphatic carbocycles. The minimum atomic E-state index is -1.04. The highest BCUT2D eigenvalue weighted by atomic mass is 19.1. The molecule has 0 aliphatic rings. The fourth-order valence-corrected chi connectivity index (χ4v) is 1.33. The van der Waals surface area contributed by atoms with Crippen molar-refractivity contribution < 1.29 is 18.7 Å². The molecular weight excluding hydrogens is 204 g/mol. The Hall–Kier alpha value is -1.49. The van der Waals surface area contributed by atoms with E-state index in [9.17, 15) is 13.6 Å². The first-order chi connectivity index (χ1) is 7.04. The van der Waals surface area contributed by atoms with E-state index < -0.39 is 23.6 Å². The molecule has 0 spiro atoms. The molecule has 0 amide bonds. The number of benzene rings is 1. The van der Waals surface area contributed by atoms with E-state index in [0.29, 0.717) is 0 Å². The molecule has 1 atom stereocenters. The lowest BCUT2D eigenvalue weighted by Gasteiger charge is -2.14. The van der Waals surface area contributed by atoms with Gasteiger partial charge in [0.1, 0.15) is 11.6 Å². The van der Waals surface area contributed by atoms with Crippen LogP contribution >= 0.6 is 0 Å². The number of rotatable bonds is 4. The fraction of sp³-hybridized carbons (Fsp3) is 0.300. The van der Waals surface area contributed by atoms with Crippen LogP contribution in [0.25, 0.3) is 0 Å². The van der Waals surface area contributed by atoms with Gasteiger partial charge >= 0.3 is 5.97 Å². The van der Waals surface area contributed by atoms with Gasteiger partial charge in [0, 0.05) is 17.7 Å². The molecule has 1 aromatic carbocycles. The number of nitrogens with one attached hydrogen (secondary N) is 1. The van der Waals surface area contributed by atoms with Gasteiger partial charge in [-0.15, -0.1) is 0 Å². The summed E-state index contributed by atoms with van der Waals surface area (Å²) in [5.41, 5.74) is 0.154. The molecule has 0 aromatic heterocycles. The summed E-state index contributed by atoms with van der Waals surface area (Å²) >= 11 is 0. The van der Waals surface area contributed by atoms with Gasteiger partial charge in [-0.3, -0.25) is 4.79 Å². The molecule has 0 heterocycles. The molecule has 5 heteroatoms. The van der Waals surface area contributed by atoms with Crippen molar-refractivity contribution in [2.75, 3.05) is 7.05 Å². The third-order valence-corrected chi connectivity index (χ3v) is 2.07. The van der Waals surface area contributed by atoms with Crippen molar-refractivity contribution in [2.24, 2.45) is 0 Å². The maximum absolute atomic E-state index is 13.3. The summed E-state index contributed by atoms with van der Waals surface area (Å²) in [5, 5.41) is 11.3. The summed E-state index contributed by atoms with van der Waals surface area (Å²) in [7, 11) is 1.52.